The second-order valence-electron chi connectivity index (χ2n) is 8.02. The third-order valence-corrected chi connectivity index (χ3v) is 4.37. The largest absolute Gasteiger partial charge is 0.480 e. The molecule has 0 radical (unpaired) electrons. The lowest BCUT2D eigenvalue weighted by Crippen LogP contribution is -2.56. The van der Waals surface area contributed by atoms with Crippen LogP contribution in [0.5, 0.6) is 0 Å². The fraction of sp³-hybridized carbons (Fsp3) is 0.571. The minimum atomic E-state index is -0.994. The number of amides is 2. The van der Waals surface area contributed by atoms with Crippen molar-refractivity contribution >= 4 is 17.8 Å². The van der Waals surface area contributed by atoms with Crippen LogP contribution in [0.4, 0.5) is 0 Å². The van der Waals surface area contributed by atoms with E-state index in [1.54, 1.807) is 0 Å². The molecule has 1 unspecified atom stereocenters. The molecular weight excluding hydrogens is 358 g/mol. The monoisotopic (exact) mass is 391 g/mol. The lowest BCUT2D eigenvalue weighted by atomic mass is 9.98. The van der Waals surface area contributed by atoms with E-state index in [1.165, 1.54) is 0 Å². The van der Waals surface area contributed by atoms with Gasteiger partial charge in [-0.3, -0.25) is 19.7 Å². The fourth-order valence-electron chi connectivity index (χ4n) is 3.02. The molecule has 0 saturated heterocycles. The van der Waals surface area contributed by atoms with Crippen LogP contribution in [0.15, 0.2) is 30.3 Å². The summed E-state index contributed by atoms with van der Waals surface area (Å²) in [5.74, 6) is -1.71. The first-order chi connectivity index (χ1) is 13.1. The van der Waals surface area contributed by atoms with Gasteiger partial charge in [-0.05, 0) is 30.2 Å². The SMILES string of the molecule is CC(C)CC(N[C@@H](CC(C)C)C(=O)N[C@H](Cc1ccccc1)C(N)=O)C(=O)O. The van der Waals surface area contributed by atoms with Crippen LogP contribution in [-0.4, -0.2) is 41.0 Å². The Morgan fingerprint density at radius 1 is 0.929 bits per heavy atom. The average Bonchev–Trinajstić information content (AvgIpc) is 2.59. The van der Waals surface area contributed by atoms with E-state index in [-0.39, 0.29) is 18.3 Å². The van der Waals surface area contributed by atoms with E-state index >= 15 is 0 Å². The number of benzene rings is 1. The second kappa shape index (κ2) is 11.4. The summed E-state index contributed by atoms with van der Waals surface area (Å²) in [4.78, 5) is 36.3. The van der Waals surface area contributed by atoms with Crippen LogP contribution >= 0.6 is 0 Å². The Bertz CT molecular complexity index is 646. The van der Waals surface area contributed by atoms with Crippen molar-refractivity contribution in [1.82, 2.24) is 10.6 Å². The smallest absolute Gasteiger partial charge is 0.320 e. The molecule has 0 aliphatic rings. The standard InChI is InChI=1S/C21H33N3O4/c1-13(2)10-17(23-18(21(27)28)11-14(3)4)20(26)24-16(19(22)25)12-15-8-6-5-7-9-15/h5-9,13-14,16-18,23H,10-12H2,1-4H3,(H2,22,25)(H,24,26)(H,27,28)/t16-,17+,18?/m1/s1. The Balaban J connectivity index is 2.91. The number of hydrogen-bond acceptors (Lipinski definition) is 4. The summed E-state index contributed by atoms with van der Waals surface area (Å²) in [5, 5.41) is 15.1. The van der Waals surface area contributed by atoms with E-state index in [0.717, 1.165) is 5.56 Å². The molecule has 0 heterocycles. The van der Waals surface area contributed by atoms with Gasteiger partial charge in [0, 0.05) is 6.42 Å². The van der Waals surface area contributed by atoms with Gasteiger partial charge in [-0.2, -0.15) is 0 Å². The van der Waals surface area contributed by atoms with Crippen LogP contribution < -0.4 is 16.4 Å². The van der Waals surface area contributed by atoms with Crippen LogP contribution in [0.3, 0.4) is 0 Å². The van der Waals surface area contributed by atoms with Crippen LogP contribution in [0.25, 0.3) is 0 Å². The molecule has 5 N–H and O–H groups in total. The summed E-state index contributed by atoms with van der Waals surface area (Å²) in [5.41, 5.74) is 6.36. The summed E-state index contributed by atoms with van der Waals surface area (Å²) >= 11 is 0. The molecular formula is C21H33N3O4. The molecule has 0 bridgehead atoms. The number of carbonyl (C=O) groups excluding carboxylic acids is 2. The number of carboxylic acid groups (broad SMARTS) is 1. The van der Waals surface area contributed by atoms with Crippen molar-refractivity contribution in [2.75, 3.05) is 0 Å². The van der Waals surface area contributed by atoms with Crippen LogP contribution in [0, 0.1) is 11.8 Å². The Kier molecular flexibility index (Phi) is 9.65. The van der Waals surface area contributed by atoms with Gasteiger partial charge >= 0.3 is 5.97 Å². The number of carbonyl (C=O) groups is 3. The van der Waals surface area contributed by atoms with Gasteiger partial charge in [-0.25, -0.2) is 0 Å². The van der Waals surface area contributed by atoms with Crippen LogP contribution in [-0.2, 0) is 20.8 Å². The lowest BCUT2D eigenvalue weighted by molar-refractivity contribution is -0.140. The molecule has 28 heavy (non-hydrogen) atoms. The predicted octanol–water partition coefficient (Wildman–Crippen LogP) is 1.70. The molecule has 7 nitrogen and oxygen atoms in total. The molecule has 2 amide bonds. The van der Waals surface area contributed by atoms with Gasteiger partial charge in [-0.1, -0.05) is 58.0 Å². The molecule has 0 spiro atoms. The highest BCUT2D eigenvalue weighted by Crippen LogP contribution is 2.11. The van der Waals surface area contributed by atoms with Crippen molar-refractivity contribution in [2.24, 2.45) is 17.6 Å². The fourth-order valence-corrected chi connectivity index (χ4v) is 3.02. The van der Waals surface area contributed by atoms with Crippen molar-refractivity contribution < 1.29 is 19.5 Å². The minimum absolute atomic E-state index is 0.160. The Labute approximate surface area is 167 Å². The zero-order valence-electron chi connectivity index (χ0n) is 17.1. The highest BCUT2D eigenvalue weighted by molar-refractivity contribution is 5.89. The Hall–Kier alpha value is -2.41. The van der Waals surface area contributed by atoms with E-state index < -0.39 is 35.9 Å². The first-order valence-electron chi connectivity index (χ1n) is 9.72. The van der Waals surface area contributed by atoms with Gasteiger partial charge < -0.3 is 16.2 Å². The summed E-state index contributed by atoms with van der Waals surface area (Å²) in [7, 11) is 0. The zero-order chi connectivity index (χ0) is 21.3. The summed E-state index contributed by atoms with van der Waals surface area (Å²) in [6, 6.07) is 6.85. The highest BCUT2D eigenvalue weighted by Gasteiger charge is 2.29. The number of nitrogens with two attached hydrogens (primary N) is 1. The molecule has 0 aliphatic carbocycles. The molecule has 1 aromatic carbocycles. The number of hydrogen-bond donors (Lipinski definition) is 4. The van der Waals surface area contributed by atoms with Gasteiger partial charge in [0.2, 0.25) is 11.8 Å². The first kappa shape index (κ1) is 23.6. The predicted molar refractivity (Wildman–Crippen MR) is 109 cm³/mol. The Morgan fingerprint density at radius 3 is 1.93 bits per heavy atom. The van der Waals surface area contributed by atoms with E-state index in [2.05, 4.69) is 10.6 Å². The van der Waals surface area contributed by atoms with Crippen LogP contribution in [0.2, 0.25) is 0 Å². The number of primary amides is 1. The van der Waals surface area contributed by atoms with Crippen molar-refractivity contribution in [1.29, 1.82) is 0 Å². The van der Waals surface area contributed by atoms with Gasteiger partial charge in [-0.15, -0.1) is 0 Å². The molecule has 0 aromatic heterocycles. The summed E-state index contributed by atoms with van der Waals surface area (Å²) in [6.45, 7) is 7.77. The third kappa shape index (κ3) is 8.52. The Morgan fingerprint density at radius 2 is 1.46 bits per heavy atom. The molecule has 7 heteroatoms. The maximum atomic E-state index is 12.9. The van der Waals surface area contributed by atoms with Gasteiger partial charge in [0.1, 0.15) is 12.1 Å². The third-order valence-electron chi connectivity index (χ3n) is 4.37. The van der Waals surface area contributed by atoms with Crippen molar-refractivity contribution in [3.8, 4) is 0 Å². The second-order valence-corrected chi connectivity index (χ2v) is 8.02. The quantitative estimate of drug-likeness (QED) is 0.432. The van der Waals surface area contributed by atoms with E-state index in [4.69, 9.17) is 5.73 Å². The van der Waals surface area contributed by atoms with Gasteiger partial charge in [0.05, 0.1) is 6.04 Å². The van der Waals surface area contributed by atoms with Gasteiger partial charge in [0.15, 0.2) is 0 Å². The molecule has 0 fully saturated rings. The first-order valence-corrected chi connectivity index (χ1v) is 9.72. The maximum Gasteiger partial charge on any atom is 0.320 e. The number of rotatable bonds is 12. The molecule has 1 rings (SSSR count). The number of carboxylic acids is 1. The van der Waals surface area contributed by atoms with Gasteiger partial charge in [0.25, 0.3) is 0 Å². The molecule has 1 aromatic rings. The molecule has 0 saturated carbocycles. The van der Waals surface area contributed by atoms with Crippen molar-refractivity contribution in [3.63, 3.8) is 0 Å². The maximum absolute atomic E-state index is 12.9. The molecule has 156 valence electrons. The number of nitrogens with one attached hydrogen (secondary N) is 2. The number of aliphatic carboxylic acids is 1. The summed E-state index contributed by atoms with van der Waals surface area (Å²) < 4.78 is 0. The minimum Gasteiger partial charge on any atom is -0.480 e. The average molecular weight is 392 g/mol. The molecule has 3 atom stereocenters. The lowest BCUT2D eigenvalue weighted by Gasteiger charge is -2.26. The topological polar surface area (TPSA) is 122 Å². The zero-order valence-corrected chi connectivity index (χ0v) is 17.1. The summed E-state index contributed by atoms with van der Waals surface area (Å²) in [6.07, 6.45) is 1.13. The van der Waals surface area contributed by atoms with Crippen LogP contribution in [0.1, 0.15) is 46.1 Å². The van der Waals surface area contributed by atoms with Crippen molar-refractivity contribution in [3.05, 3.63) is 35.9 Å². The molecule has 0 aliphatic heterocycles. The van der Waals surface area contributed by atoms with Crippen molar-refractivity contribution in [2.45, 2.75) is 65.1 Å². The van der Waals surface area contributed by atoms with E-state index in [0.29, 0.717) is 12.8 Å². The normalized spacial score (nSPS) is 14.5. The van der Waals surface area contributed by atoms with E-state index in [9.17, 15) is 19.5 Å². The van der Waals surface area contributed by atoms with E-state index in [1.807, 2.05) is 58.0 Å². The highest BCUT2D eigenvalue weighted by atomic mass is 16.4.